The molecule has 0 saturated heterocycles. The van der Waals surface area contributed by atoms with Gasteiger partial charge in [0.05, 0.1) is 11.1 Å². The second-order valence-corrected chi connectivity index (χ2v) is 5.26. The molecule has 2 rings (SSSR count). The largest absolute Gasteiger partial charge is 0.271 e. The van der Waals surface area contributed by atoms with Crippen LogP contribution in [0.3, 0.4) is 0 Å². The maximum atomic E-state index is 12.2. The topological polar surface area (TPSA) is 37.4 Å². The second-order valence-electron chi connectivity index (χ2n) is 5.26. The normalized spacial score (nSPS) is 27.2. The van der Waals surface area contributed by atoms with Crippen LogP contribution in [0.15, 0.2) is 36.5 Å². The fourth-order valence-electron chi connectivity index (χ4n) is 2.59. The summed E-state index contributed by atoms with van der Waals surface area (Å²) in [6.07, 6.45) is 4.83. The molecule has 1 heterocycles. The van der Waals surface area contributed by atoms with E-state index in [4.69, 9.17) is 0 Å². The Labute approximate surface area is 101 Å². The van der Waals surface area contributed by atoms with E-state index in [9.17, 15) is 9.59 Å². The summed E-state index contributed by atoms with van der Waals surface area (Å²) in [5, 5.41) is 0. The van der Waals surface area contributed by atoms with E-state index >= 15 is 0 Å². The van der Waals surface area contributed by atoms with E-state index in [1.165, 1.54) is 17.1 Å². The Bertz CT molecular complexity index is 427. The van der Waals surface area contributed by atoms with Crippen LogP contribution in [0.4, 0.5) is 0 Å². The lowest BCUT2D eigenvalue weighted by Crippen LogP contribution is -2.55. The van der Waals surface area contributed by atoms with Gasteiger partial charge in [-0.25, -0.2) is 0 Å². The van der Waals surface area contributed by atoms with Crippen LogP contribution >= 0.6 is 0 Å². The van der Waals surface area contributed by atoms with Crippen molar-refractivity contribution < 1.29 is 9.59 Å². The highest BCUT2D eigenvalue weighted by molar-refractivity contribution is 6.22. The maximum Gasteiger partial charge on any atom is 0.261 e. The monoisotopic (exact) mass is 231 g/mol. The molecule has 0 radical (unpaired) electrons. The number of hydrogen-bond acceptors (Lipinski definition) is 2. The molecule has 17 heavy (non-hydrogen) atoms. The summed E-state index contributed by atoms with van der Waals surface area (Å²) in [6, 6.07) is 0.00917. The molecular weight excluding hydrogens is 214 g/mol. The minimum absolute atomic E-state index is 0.00917. The number of hydrogen-bond donors (Lipinski definition) is 0. The lowest BCUT2D eigenvalue weighted by Gasteiger charge is -2.48. The molecule has 1 unspecified atom stereocenters. The molecule has 0 spiro atoms. The van der Waals surface area contributed by atoms with Crippen molar-refractivity contribution in [2.45, 2.75) is 32.7 Å². The highest BCUT2D eigenvalue weighted by Crippen LogP contribution is 2.45. The van der Waals surface area contributed by atoms with Crippen molar-refractivity contribution in [3.05, 3.63) is 36.5 Å². The number of nitrogens with zero attached hydrogens (tertiary/aromatic N) is 1. The zero-order valence-corrected chi connectivity index (χ0v) is 10.3. The van der Waals surface area contributed by atoms with Crippen LogP contribution in [-0.4, -0.2) is 22.8 Å². The van der Waals surface area contributed by atoms with Crippen LogP contribution in [0.25, 0.3) is 0 Å². The van der Waals surface area contributed by atoms with Gasteiger partial charge in [-0.05, 0) is 18.3 Å². The van der Waals surface area contributed by atoms with Gasteiger partial charge in [-0.15, -0.1) is 0 Å². The van der Waals surface area contributed by atoms with Crippen molar-refractivity contribution >= 4 is 11.8 Å². The number of carbonyl (C=O) groups excluding carboxylic acids is 2. The van der Waals surface area contributed by atoms with Crippen molar-refractivity contribution in [3.63, 3.8) is 0 Å². The first-order chi connectivity index (χ1) is 7.94. The average molecular weight is 231 g/mol. The van der Waals surface area contributed by atoms with E-state index in [0.29, 0.717) is 11.1 Å². The molecule has 2 aliphatic rings. The van der Waals surface area contributed by atoms with Gasteiger partial charge in [-0.1, -0.05) is 39.2 Å². The molecule has 1 saturated carbocycles. The third kappa shape index (κ3) is 1.49. The lowest BCUT2D eigenvalue weighted by molar-refractivity contribution is -0.147. The molecule has 1 aliphatic heterocycles. The van der Waals surface area contributed by atoms with Gasteiger partial charge in [0.1, 0.15) is 0 Å². The highest BCUT2D eigenvalue weighted by Gasteiger charge is 2.50. The average Bonchev–Trinajstić information content (AvgIpc) is 2.51. The SMILES string of the molecule is C=CC1=C(C=C)C(=O)N(C2CCC2(C)C)C1=O. The first-order valence-electron chi connectivity index (χ1n) is 5.81. The summed E-state index contributed by atoms with van der Waals surface area (Å²) in [4.78, 5) is 25.7. The third-order valence-corrected chi connectivity index (χ3v) is 3.87. The van der Waals surface area contributed by atoms with Crippen LogP contribution in [0.1, 0.15) is 26.7 Å². The van der Waals surface area contributed by atoms with E-state index in [1.54, 1.807) is 0 Å². The van der Waals surface area contributed by atoms with Gasteiger partial charge in [0.25, 0.3) is 11.8 Å². The Morgan fingerprint density at radius 3 is 1.88 bits per heavy atom. The summed E-state index contributed by atoms with van der Waals surface area (Å²) in [6.45, 7) is 11.4. The van der Waals surface area contributed by atoms with E-state index in [1.807, 2.05) is 0 Å². The quantitative estimate of drug-likeness (QED) is 0.698. The van der Waals surface area contributed by atoms with Crippen molar-refractivity contribution in [2.24, 2.45) is 5.41 Å². The third-order valence-electron chi connectivity index (χ3n) is 3.87. The minimum Gasteiger partial charge on any atom is -0.271 e. The van der Waals surface area contributed by atoms with Crippen LogP contribution in [-0.2, 0) is 9.59 Å². The molecule has 0 N–H and O–H groups in total. The number of imide groups is 1. The molecule has 1 aliphatic carbocycles. The van der Waals surface area contributed by atoms with E-state index in [2.05, 4.69) is 27.0 Å². The van der Waals surface area contributed by atoms with Gasteiger partial charge in [0.2, 0.25) is 0 Å². The Kier molecular flexibility index (Phi) is 2.57. The fraction of sp³-hybridized carbons (Fsp3) is 0.429. The van der Waals surface area contributed by atoms with E-state index < -0.39 is 0 Å². The minimum atomic E-state index is -0.224. The van der Waals surface area contributed by atoms with E-state index in [-0.39, 0.29) is 23.3 Å². The molecule has 0 aromatic heterocycles. The van der Waals surface area contributed by atoms with Crippen molar-refractivity contribution in [1.82, 2.24) is 4.90 Å². The van der Waals surface area contributed by atoms with Crippen LogP contribution in [0.2, 0.25) is 0 Å². The predicted molar refractivity (Wildman–Crippen MR) is 66.1 cm³/mol. The predicted octanol–water partition coefficient (Wildman–Crippen LogP) is 2.21. The molecular formula is C14H17NO2. The van der Waals surface area contributed by atoms with Gasteiger partial charge in [-0.2, -0.15) is 0 Å². The van der Waals surface area contributed by atoms with Gasteiger partial charge in [0, 0.05) is 6.04 Å². The zero-order valence-electron chi connectivity index (χ0n) is 10.3. The number of amides is 2. The van der Waals surface area contributed by atoms with Crippen LogP contribution in [0.5, 0.6) is 0 Å². The number of carbonyl (C=O) groups is 2. The summed E-state index contributed by atoms with van der Waals surface area (Å²) >= 11 is 0. The van der Waals surface area contributed by atoms with E-state index in [0.717, 1.165) is 12.8 Å². The van der Waals surface area contributed by atoms with Crippen molar-refractivity contribution in [2.75, 3.05) is 0 Å². The van der Waals surface area contributed by atoms with Gasteiger partial charge in [-0.3, -0.25) is 14.5 Å². The molecule has 0 aromatic rings. The van der Waals surface area contributed by atoms with Crippen LogP contribution in [0, 0.1) is 5.41 Å². The molecule has 90 valence electrons. The first kappa shape index (κ1) is 11.8. The maximum absolute atomic E-state index is 12.2. The fourth-order valence-corrected chi connectivity index (χ4v) is 2.59. The Hall–Kier alpha value is -1.64. The van der Waals surface area contributed by atoms with Gasteiger partial charge in [0.15, 0.2) is 0 Å². The van der Waals surface area contributed by atoms with Crippen molar-refractivity contribution in [3.8, 4) is 0 Å². The Morgan fingerprint density at radius 2 is 1.65 bits per heavy atom. The van der Waals surface area contributed by atoms with Gasteiger partial charge < -0.3 is 0 Å². The van der Waals surface area contributed by atoms with Gasteiger partial charge >= 0.3 is 0 Å². The summed E-state index contributed by atoms with van der Waals surface area (Å²) in [5.41, 5.74) is 0.786. The molecule has 0 aromatic carbocycles. The smallest absolute Gasteiger partial charge is 0.261 e. The Morgan fingerprint density at radius 1 is 1.18 bits per heavy atom. The lowest BCUT2D eigenvalue weighted by atomic mass is 9.66. The molecule has 3 heteroatoms. The highest BCUT2D eigenvalue weighted by atomic mass is 16.2. The summed E-state index contributed by atoms with van der Waals surface area (Å²) < 4.78 is 0. The second kappa shape index (κ2) is 3.69. The summed E-state index contributed by atoms with van der Waals surface area (Å²) in [7, 11) is 0. The standard InChI is InChI=1S/C14H17NO2/c1-5-9-10(6-2)13(17)15(12(9)16)11-7-8-14(11,3)4/h5-6,11H,1-2,7-8H2,3-4H3. The van der Waals surface area contributed by atoms with Crippen LogP contribution < -0.4 is 0 Å². The molecule has 2 amide bonds. The first-order valence-corrected chi connectivity index (χ1v) is 5.81. The zero-order chi connectivity index (χ0) is 12.8. The molecule has 1 atom stereocenters. The molecule has 1 fully saturated rings. The van der Waals surface area contributed by atoms with Crippen molar-refractivity contribution in [1.29, 1.82) is 0 Å². The Balaban J connectivity index is 2.36. The molecule has 0 bridgehead atoms. The summed E-state index contributed by atoms with van der Waals surface area (Å²) in [5.74, 6) is -0.449. The number of rotatable bonds is 3. The molecule has 3 nitrogen and oxygen atoms in total.